The third kappa shape index (κ3) is 1.83. The van der Waals surface area contributed by atoms with Crippen molar-refractivity contribution in [3.05, 3.63) is 42.0 Å². The molecule has 1 N–H and O–H groups in total. The van der Waals surface area contributed by atoms with Gasteiger partial charge >= 0.3 is 0 Å². The standard InChI is InChI=1S/C20H27NO/c1-3-11-21(2)12-10-20-9-5-4-6-17(20)19(21)13-15-7-8-16(22)14-18(15)20/h3,7-8,14,17,19H,1,4-6,9-13H2,2H3/p+1/t17-,19-,20-,21-/m0/s1. The van der Waals surface area contributed by atoms with E-state index in [1.807, 2.05) is 6.07 Å². The lowest BCUT2D eigenvalue weighted by Crippen LogP contribution is -2.68. The van der Waals surface area contributed by atoms with Gasteiger partial charge in [-0.15, -0.1) is 0 Å². The van der Waals surface area contributed by atoms with Crippen LogP contribution in [0.5, 0.6) is 5.75 Å². The Morgan fingerprint density at radius 2 is 2.23 bits per heavy atom. The average molecular weight is 298 g/mol. The van der Waals surface area contributed by atoms with Crippen molar-refractivity contribution in [2.45, 2.75) is 50.0 Å². The van der Waals surface area contributed by atoms with Crippen molar-refractivity contribution >= 4 is 0 Å². The number of hydrogen-bond acceptors (Lipinski definition) is 1. The van der Waals surface area contributed by atoms with E-state index in [0.717, 1.165) is 23.0 Å². The number of piperidine rings is 1. The third-order valence-electron chi connectivity index (χ3n) is 7.04. The van der Waals surface area contributed by atoms with Gasteiger partial charge in [-0.05, 0) is 42.2 Å². The van der Waals surface area contributed by atoms with E-state index in [0.29, 0.717) is 11.2 Å². The molecule has 4 atom stereocenters. The van der Waals surface area contributed by atoms with Crippen LogP contribution in [0.15, 0.2) is 30.9 Å². The summed E-state index contributed by atoms with van der Waals surface area (Å²) in [5, 5.41) is 10.0. The molecule has 3 aliphatic rings. The minimum absolute atomic E-state index is 0.341. The summed E-state index contributed by atoms with van der Waals surface area (Å²) in [5.74, 6) is 1.24. The summed E-state index contributed by atoms with van der Waals surface area (Å²) in [6.07, 6.45) is 9.97. The minimum atomic E-state index is 0.341. The number of nitrogens with zero attached hydrogens (tertiary/aromatic N) is 1. The zero-order valence-electron chi connectivity index (χ0n) is 13.7. The topological polar surface area (TPSA) is 20.2 Å². The molecule has 0 spiro atoms. The molecule has 22 heavy (non-hydrogen) atoms. The summed E-state index contributed by atoms with van der Waals surface area (Å²) < 4.78 is 1.16. The van der Waals surface area contributed by atoms with E-state index >= 15 is 0 Å². The number of hydrogen-bond donors (Lipinski definition) is 1. The fourth-order valence-corrected chi connectivity index (χ4v) is 5.98. The molecule has 2 nitrogen and oxygen atoms in total. The summed E-state index contributed by atoms with van der Waals surface area (Å²) in [6, 6.07) is 6.89. The van der Waals surface area contributed by atoms with Crippen LogP contribution in [0.25, 0.3) is 0 Å². The molecule has 118 valence electrons. The quantitative estimate of drug-likeness (QED) is 0.651. The van der Waals surface area contributed by atoms with Gasteiger partial charge in [0.05, 0.1) is 26.2 Å². The van der Waals surface area contributed by atoms with E-state index in [2.05, 4.69) is 31.8 Å². The van der Waals surface area contributed by atoms with E-state index in [1.165, 1.54) is 56.2 Å². The first-order chi connectivity index (χ1) is 10.6. The summed E-state index contributed by atoms with van der Waals surface area (Å²) in [4.78, 5) is 0. The van der Waals surface area contributed by atoms with Gasteiger partial charge in [0.15, 0.2) is 0 Å². The van der Waals surface area contributed by atoms with Gasteiger partial charge in [0.25, 0.3) is 0 Å². The fourth-order valence-electron chi connectivity index (χ4n) is 5.98. The molecular weight excluding hydrogens is 270 g/mol. The summed E-state index contributed by atoms with van der Waals surface area (Å²) in [5.41, 5.74) is 3.32. The van der Waals surface area contributed by atoms with E-state index in [4.69, 9.17) is 0 Å². The maximum absolute atomic E-state index is 10.0. The first kappa shape index (κ1) is 14.3. The Labute approximate surface area is 134 Å². The number of rotatable bonds is 2. The number of likely N-dealkylation sites (tertiary alicyclic amines) is 1. The van der Waals surface area contributed by atoms with Crippen LogP contribution in [-0.4, -0.2) is 35.8 Å². The van der Waals surface area contributed by atoms with Gasteiger partial charge in [-0.2, -0.15) is 0 Å². The van der Waals surface area contributed by atoms with Crippen LogP contribution in [0.1, 0.15) is 43.2 Å². The van der Waals surface area contributed by atoms with Crippen molar-refractivity contribution < 1.29 is 9.59 Å². The molecule has 2 aliphatic carbocycles. The second-order valence-corrected chi connectivity index (χ2v) is 8.05. The Bertz CT molecular complexity index is 610. The van der Waals surface area contributed by atoms with Gasteiger partial charge in [0.1, 0.15) is 5.75 Å². The zero-order valence-corrected chi connectivity index (χ0v) is 13.7. The Morgan fingerprint density at radius 3 is 3.05 bits per heavy atom. The Morgan fingerprint density at radius 1 is 1.36 bits per heavy atom. The van der Waals surface area contributed by atoms with Crippen molar-refractivity contribution in [1.29, 1.82) is 0 Å². The summed E-state index contributed by atoms with van der Waals surface area (Å²) in [6.45, 7) is 6.36. The Kier molecular flexibility index (Phi) is 3.16. The minimum Gasteiger partial charge on any atom is -0.508 e. The van der Waals surface area contributed by atoms with Gasteiger partial charge in [0, 0.05) is 24.2 Å². The molecular formula is C20H28NO+. The second kappa shape index (κ2) is 4.86. The molecule has 4 rings (SSSR count). The van der Waals surface area contributed by atoms with Crippen molar-refractivity contribution in [3.63, 3.8) is 0 Å². The Balaban J connectivity index is 1.87. The molecule has 1 saturated heterocycles. The molecule has 0 amide bonds. The highest BCUT2D eigenvalue weighted by Gasteiger charge is 2.58. The summed E-state index contributed by atoms with van der Waals surface area (Å²) in [7, 11) is 2.44. The highest BCUT2D eigenvalue weighted by molar-refractivity contribution is 5.44. The Hall–Kier alpha value is -1.28. The van der Waals surface area contributed by atoms with Crippen LogP contribution in [-0.2, 0) is 11.8 Å². The molecule has 0 unspecified atom stereocenters. The smallest absolute Gasteiger partial charge is 0.115 e. The van der Waals surface area contributed by atoms with Crippen LogP contribution >= 0.6 is 0 Å². The average Bonchev–Trinajstić information content (AvgIpc) is 2.52. The fraction of sp³-hybridized carbons (Fsp3) is 0.600. The van der Waals surface area contributed by atoms with Crippen molar-refractivity contribution in [2.75, 3.05) is 20.1 Å². The third-order valence-corrected chi connectivity index (χ3v) is 7.04. The maximum Gasteiger partial charge on any atom is 0.115 e. The van der Waals surface area contributed by atoms with E-state index in [-0.39, 0.29) is 0 Å². The first-order valence-electron chi connectivity index (χ1n) is 8.87. The molecule has 1 aromatic rings. The summed E-state index contributed by atoms with van der Waals surface area (Å²) >= 11 is 0. The number of aromatic hydroxyl groups is 1. The lowest BCUT2D eigenvalue weighted by molar-refractivity contribution is -0.940. The van der Waals surface area contributed by atoms with Crippen LogP contribution in [0.2, 0.25) is 0 Å². The monoisotopic (exact) mass is 298 g/mol. The largest absolute Gasteiger partial charge is 0.508 e. The van der Waals surface area contributed by atoms with Crippen LogP contribution < -0.4 is 0 Å². The number of phenols is 1. The molecule has 2 fully saturated rings. The highest BCUT2D eigenvalue weighted by atomic mass is 16.3. The van der Waals surface area contributed by atoms with Gasteiger partial charge in [0.2, 0.25) is 0 Å². The number of phenolic OH excluding ortho intramolecular Hbond substituents is 1. The maximum atomic E-state index is 10.0. The first-order valence-corrected chi connectivity index (χ1v) is 8.87. The molecule has 1 heterocycles. The normalized spacial score (nSPS) is 39.7. The predicted octanol–water partition coefficient (Wildman–Crippen LogP) is 3.78. The van der Waals surface area contributed by atoms with Crippen LogP contribution in [0, 0.1) is 5.92 Å². The van der Waals surface area contributed by atoms with Gasteiger partial charge < -0.3 is 9.59 Å². The molecule has 1 aliphatic heterocycles. The second-order valence-electron chi connectivity index (χ2n) is 8.05. The van der Waals surface area contributed by atoms with E-state index < -0.39 is 0 Å². The molecule has 0 radical (unpaired) electrons. The van der Waals surface area contributed by atoms with Gasteiger partial charge in [-0.25, -0.2) is 0 Å². The van der Waals surface area contributed by atoms with Crippen LogP contribution in [0.4, 0.5) is 0 Å². The van der Waals surface area contributed by atoms with Gasteiger partial charge in [-0.3, -0.25) is 0 Å². The van der Waals surface area contributed by atoms with Crippen molar-refractivity contribution in [3.8, 4) is 5.75 Å². The van der Waals surface area contributed by atoms with Gasteiger partial charge in [-0.1, -0.05) is 25.5 Å². The predicted molar refractivity (Wildman–Crippen MR) is 90.0 cm³/mol. The lowest BCUT2D eigenvalue weighted by atomic mass is 9.52. The molecule has 0 aromatic heterocycles. The van der Waals surface area contributed by atoms with Crippen molar-refractivity contribution in [1.82, 2.24) is 0 Å². The number of fused-ring (bicyclic) bond motifs is 1. The molecule has 1 aromatic carbocycles. The van der Waals surface area contributed by atoms with E-state index in [1.54, 1.807) is 0 Å². The SMILES string of the molecule is C=CC[N@@+]1(C)CC[C@@]23CCCC[C@H]2[C@@H]1Cc1ccc(O)cc13. The molecule has 2 heteroatoms. The molecule has 2 bridgehead atoms. The molecule has 1 saturated carbocycles. The highest BCUT2D eigenvalue weighted by Crippen LogP contribution is 2.57. The van der Waals surface area contributed by atoms with Crippen LogP contribution in [0.3, 0.4) is 0 Å². The lowest BCUT2D eigenvalue weighted by Gasteiger charge is -2.61. The zero-order chi connectivity index (χ0) is 15.4. The number of benzene rings is 1. The van der Waals surface area contributed by atoms with E-state index in [9.17, 15) is 5.11 Å². The number of likely N-dealkylation sites (N-methyl/N-ethyl adjacent to an activating group) is 1. The van der Waals surface area contributed by atoms with Crippen molar-refractivity contribution in [2.24, 2.45) is 5.92 Å². The number of quaternary nitrogens is 1.